The lowest BCUT2D eigenvalue weighted by Gasteiger charge is -2.24. The molecule has 0 aromatic heterocycles. The van der Waals surface area contributed by atoms with Gasteiger partial charge in [-0.2, -0.15) is 0 Å². The Balaban J connectivity index is 2.95. The summed E-state index contributed by atoms with van der Waals surface area (Å²) < 4.78 is 5.80. The number of anilines is 1. The minimum Gasteiger partial charge on any atom is -0.491 e. The van der Waals surface area contributed by atoms with E-state index in [1.165, 1.54) is 0 Å². The molecule has 1 rings (SSSR count). The predicted octanol–water partition coefficient (Wildman–Crippen LogP) is 3.78. The Morgan fingerprint density at radius 2 is 2.00 bits per heavy atom. The maximum absolute atomic E-state index is 10.6. The highest BCUT2D eigenvalue weighted by Gasteiger charge is 2.11. The maximum atomic E-state index is 10.6. The van der Waals surface area contributed by atoms with Crippen molar-refractivity contribution in [1.82, 2.24) is 0 Å². The Morgan fingerprint density at radius 1 is 1.30 bits per heavy atom. The molecule has 126 valence electrons. The number of carboxylic acids is 1. The second kappa shape index (κ2) is 9.78. The number of rotatable bonds is 8. The van der Waals surface area contributed by atoms with Gasteiger partial charge < -0.3 is 14.7 Å². The van der Waals surface area contributed by atoms with E-state index in [2.05, 4.69) is 50.5 Å². The lowest BCUT2D eigenvalue weighted by molar-refractivity contribution is -0.137. The molecule has 4 nitrogen and oxygen atoms in total. The maximum Gasteiger partial charge on any atom is 0.303 e. The minimum absolute atomic E-state index is 0.124. The van der Waals surface area contributed by atoms with Crippen molar-refractivity contribution in [2.24, 2.45) is 5.92 Å². The third-order valence-corrected chi connectivity index (χ3v) is 3.36. The summed E-state index contributed by atoms with van der Waals surface area (Å²) in [6, 6.07) is 5.93. The third-order valence-electron chi connectivity index (χ3n) is 3.36. The smallest absolute Gasteiger partial charge is 0.303 e. The highest BCUT2D eigenvalue weighted by Crippen LogP contribution is 2.29. The van der Waals surface area contributed by atoms with Gasteiger partial charge in [0.2, 0.25) is 0 Å². The molecule has 0 heterocycles. The van der Waals surface area contributed by atoms with Gasteiger partial charge in [0.05, 0.1) is 12.3 Å². The molecule has 0 spiro atoms. The Kier molecular flexibility index (Phi) is 8.04. The number of carboxylic acid groups (broad SMARTS) is 1. The van der Waals surface area contributed by atoms with Gasteiger partial charge in [0.15, 0.2) is 0 Å². The standard InChI is InChI=1S/C19H27NO3/c1-5-20(6-2)17-14-16(10-9-15(3)4)11-12-18(17)23-13-7-8-19(21)22/h11-12,14-15H,5-8,13H2,1-4H3,(H,21,22). The van der Waals surface area contributed by atoms with Gasteiger partial charge in [0, 0.05) is 31.0 Å². The molecule has 4 heteroatoms. The molecule has 0 radical (unpaired) electrons. The predicted molar refractivity (Wildman–Crippen MR) is 94.1 cm³/mol. The molecule has 0 atom stereocenters. The molecule has 0 fully saturated rings. The second-order valence-electron chi connectivity index (χ2n) is 5.62. The van der Waals surface area contributed by atoms with Crippen LogP contribution in [0.2, 0.25) is 0 Å². The van der Waals surface area contributed by atoms with E-state index in [9.17, 15) is 4.79 Å². The zero-order valence-electron chi connectivity index (χ0n) is 14.6. The van der Waals surface area contributed by atoms with Crippen LogP contribution < -0.4 is 9.64 Å². The van der Waals surface area contributed by atoms with Crippen LogP contribution in [-0.4, -0.2) is 30.8 Å². The van der Waals surface area contributed by atoms with Crippen molar-refractivity contribution in [2.75, 3.05) is 24.6 Å². The van der Waals surface area contributed by atoms with Crippen molar-refractivity contribution in [3.05, 3.63) is 23.8 Å². The van der Waals surface area contributed by atoms with Gasteiger partial charge in [-0.3, -0.25) is 4.79 Å². The van der Waals surface area contributed by atoms with Crippen LogP contribution in [0.1, 0.15) is 46.1 Å². The topological polar surface area (TPSA) is 49.8 Å². The van der Waals surface area contributed by atoms with Crippen molar-refractivity contribution >= 4 is 11.7 Å². The van der Waals surface area contributed by atoms with Gasteiger partial charge in [0.1, 0.15) is 5.75 Å². The average Bonchev–Trinajstić information content (AvgIpc) is 2.51. The number of benzene rings is 1. The van der Waals surface area contributed by atoms with Gasteiger partial charge in [-0.25, -0.2) is 0 Å². The van der Waals surface area contributed by atoms with E-state index < -0.39 is 5.97 Å². The molecule has 1 aromatic rings. The van der Waals surface area contributed by atoms with Crippen molar-refractivity contribution < 1.29 is 14.6 Å². The third kappa shape index (κ3) is 6.65. The molecule has 0 aliphatic carbocycles. The zero-order chi connectivity index (χ0) is 17.2. The molecule has 1 N–H and O–H groups in total. The van der Waals surface area contributed by atoms with Crippen LogP contribution >= 0.6 is 0 Å². The van der Waals surface area contributed by atoms with Gasteiger partial charge >= 0.3 is 5.97 Å². The quantitative estimate of drug-likeness (QED) is 0.585. The first-order valence-electron chi connectivity index (χ1n) is 8.23. The van der Waals surface area contributed by atoms with Crippen molar-refractivity contribution in [1.29, 1.82) is 0 Å². The van der Waals surface area contributed by atoms with E-state index in [0.717, 1.165) is 30.1 Å². The minimum atomic E-state index is -0.795. The summed E-state index contributed by atoms with van der Waals surface area (Å²) in [7, 11) is 0. The van der Waals surface area contributed by atoms with Crippen LogP contribution in [0.15, 0.2) is 18.2 Å². The zero-order valence-corrected chi connectivity index (χ0v) is 14.6. The van der Waals surface area contributed by atoms with Crippen molar-refractivity contribution in [3.63, 3.8) is 0 Å². The summed E-state index contributed by atoms with van der Waals surface area (Å²) in [5, 5.41) is 8.69. The lowest BCUT2D eigenvalue weighted by atomic mass is 10.1. The number of hydrogen-bond acceptors (Lipinski definition) is 3. The van der Waals surface area contributed by atoms with Gasteiger partial charge in [-0.05, 0) is 38.5 Å². The Bertz CT molecular complexity index is 566. The number of nitrogens with zero attached hydrogens (tertiary/aromatic N) is 1. The van der Waals surface area contributed by atoms with E-state index in [0.29, 0.717) is 18.9 Å². The first-order chi connectivity index (χ1) is 11.0. The fraction of sp³-hybridized carbons (Fsp3) is 0.526. The number of ether oxygens (including phenoxy) is 1. The van der Waals surface area contributed by atoms with E-state index in [1.807, 2.05) is 12.1 Å². The summed E-state index contributed by atoms with van der Waals surface area (Å²) in [5.41, 5.74) is 1.99. The molecule has 0 unspecified atom stereocenters. The van der Waals surface area contributed by atoms with Crippen molar-refractivity contribution in [3.8, 4) is 17.6 Å². The van der Waals surface area contributed by atoms with Crippen LogP contribution in [0, 0.1) is 17.8 Å². The van der Waals surface area contributed by atoms with Gasteiger partial charge in [-0.1, -0.05) is 25.7 Å². The normalized spacial score (nSPS) is 10.1. The number of hydrogen-bond donors (Lipinski definition) is 1. The Morgan fingerprint density at radius 3 is 2.57 bits per heavy atom. The SMILES string of the molecule is CCN(CC)c1cc(C#CC(C)C)ccc1OCCCC(=O)O. The second-order valence-corrected chi connectivity index (χ2v) is 5.62. The molecular weight excluding hydrogens is 290 g/mol. The Hall–Kier alpha value is -2.15. The molecule has 0 saturated carbocycles. The van der Waals surface area contributed by atoms with E-state index in [1.54, 1.807) is 0 Å². The van der Waals surface area contributed by atoms with Crippen molar-refractivity contribution in [2.45, 2.75) is 40.5 Å². The molecule has 0 amide bonds. The molecule has 1 aromatic carbocycles. The van der Waals surface area contributed by atoms with E-state index in [4.69, 9.17) is 9.84 Å². The van der Waals surface area contributed by atoms with Crippen LogP contribution in [0.5, 0.6) is 5.75 Å². The molecule has 0 saturated heterocycles. The van der Waals surface area contributed by atoms with E-state index >= 15 is 0 Å². The summed E-state index contributed by atoms with van der Waals surface area (Å²) >= 11 is 0. The number of carbonyl (C=O) groups is 1. The highest BCUT2D eigenvalue weighted by molar-refractivity contribution is 5.66. The average molecular weight is 317 g/mol. The van der Waals surface area contributed by atoms with Gasteiger partial charge in [-0.15, -0.1) is 0 Å². The van der Waals surface area contributed by atoms with Crippen LogP contribution in [-0.2, 0) is 4.79 Å². The first kappa shape index (κ1) is 18.9. The summed E-state index contributed by atoms with van der Waals surface area (Å²) in [4.78, 5) is 12.8. The fourth-order valence-electron chi connectivity index (χ4n) is 2.16. The molecule has 23 heavy (non-hydrogen) atoms. The summed E-state index contributed by atoms with van der Waals surface area (Å²) in [5.74, 6) is 6.68. The molecular formula is C19H27NO3. The Labute approximate surface area is 139 Å². The fourth-order valence-corrected chi connectivity index (χ4v) is 2.16. The highest BCUT2D eigenvalue weighted by atomic mass is 16.5. The number of aliphatic carboxylic acids is 1. The van der Waals surface area contributed by atoms with Crippen LogP contribution in [0.3, 0.4) is 0 Å². The molecule has 0 bridgehead atoms. The summed E-state index contributed by atoms with van der Waals surface area (Å²) in [6.07, 6.45) is 0.625. The van der Waals surface area contributed by atoms with E-state index in [-0.39, 0.29) is 6.42 Å². The molecule has 0 aliphatic heterocycles. The largest absolute Gasteiger partial charge is 0.491 e. The lowest BCUT2D eigenvalue weighted by Crippen LogP contribution is -2.22. The first-order valence-corrected chi connectivity index (χ1v) is 8.23. The van der Waals surface area contributed by atoms with Gasteiger partial charge in [0.25, 0.3) is 0 Å². The van der Waals surface area contributed by atoms with Crippen LogP contribution in [0.4, 0.5) is 5.69 Å². The molecule has 0 aliphatic rings. The van der Waals surface area contributed by atoms with Crippen LogP contribution in [0.25, 0.3) is 0 Å². The summed E-state index contributed by atoms with van der Waals surface area (Å²) in [6.45, 7) is 10.5. The monoisotopic (exact) mass is 317 g/mol.